The van der Waals surface area contributed by atoms with Gasteiger partial charge >= 0.3 is 0 Å². The predicted molar refractivity (Wildman–Crippen MR) is 99.0 cm³/mol. The van der Waals surface area contributed by atoms with Gasteiger partial charge in [-0.15, -0.1) is 0 Å². The molecule has 10 nitrogen and oxygen atoms in total. The third-order valence-corrected chi connectivity index (χ3v) is 3.70. The SMILES string of the molecule is CC(C)C[C@H](NC(=O)[C@@H](NC(=O)[C@@H](N)CC(N)=O)C(C)C)C(=O)NCC=O. The molecule has 154 valence electrons. The Morgan fingerprint density at radius 1 is 0.963 bits per heavy atom. The van der Waals surface area contributed by atoms with Crippen LogP contribution in [0.2, 0.25) is 0 Å². The largest absolute Gasteiger partial charge is 0.370 e. The van der Waals surface area contributed by atoms with E-state index in [-0.39, 0.29) is 24.8 Å². The maximum absolute atomic E-state index is 12.6. The highest BCUT2D eigenvalue weighted by Crippen LogP contribution is 2.08. The van der Waals surface area contributed by atoms with Crippen molar-refractivity contribution in [3.8, 4) is 0 Å². The van der Waals surface area contributed by atoms with Crippen molar-refractivity contribution in [1.82, 2.24) is 16.0 Å². The molecule has 4 amide bonds. The summed E-state index contributed by atoms with van der Waals surface area (Å²) in [6.07, 6.45) is 0.558. The average molecular weight is 385 g/mol. The summed E-state index contributed by atoms with van der Waals surface area (Å²) >= 11 is 0. The van der Waals surface area contributed by atoms with Gasteiger partial charge in [-0.05, 0) is 18.3 Å². The summed E-state index contributed by atoms with van der Waals surface area (Å²) < 4.78 is 0. The van der Waals surface area contributed by atoms with E-state index in [4.69, 9.17) is 11.5 Å². The van der Waals surface area contributed by atoms with E-state index in [9.17, 15) is 24.0 Å². The van der Waals surface area contributed by atoms with E-state index in [1.165, 1.54) is 0 Å². The molecule has 0 aromatic carbocycles. The molecule has 0 aliphatic carbocycles. The number of hydrogen-bond acceptors (Lipinski definition) is 6. The second-order valence-electron chi connectivity index (χ2n) is 7.11. The van der Waals surface area contributed by atoms with Crippen molar-refractivity contribution in [3.63, 3.8) is 0 Å². The van der Waals surface area contributed by atoms with E-state index >= 15 is 0 Å². The first-order valence-electron chi connectivity index (χ1n) is 8.85. The molecule has 0 fully saturated rings. The van der Waals surface area contributed by atoms with E-state index in [1.807, 2.05) is 13.8 Å². The van der Waals surface area contributed by atoms with Crippen molar-refractivity contribution in [3.05, 3.63) is 0 Å². The number of amides is 4. The van der Waals surface area contributed by atoms with E-state index in [0.717, 1.165) is 0 Å². The zero-order valence-electron chi connectivity index (χ0n) is 16.3. The Morgan fingerprint density at radius 3 is 2.00 bits per heavy atom. The lowest BCUT2D eigenvalue weighted by atomic mass is 9.99. The van der Waals surface area contributed by atoms with Crippen LogP contribution in [0.4, 0.5) is 0 Å². The summed E-state index contributed by atoms with van der Waals surface area (Å²) in [6, 6.07) is -2.97. The normalized spacial score (nSPS) is 14.2. The first-order chi connectivity index (χ1) is 12.5. The summed E-state index contributed by atoms with van der Waals surface area (Å²) in [7, 11) is 0. The molecule has 0 bridgehead atoms. The molecule has 0 rings (SSSR count). The number of nitrogens with two attached hydrogens (primary N) is 2. The Balaban J connectivity index is 5.14. The van der Waals surface area contributed by atoms with Gasteiger partial charge in [0.15, 0.2) is 0 Å². The Hall–Kier alpha value is -2.49. The fraction of sp³-hybridized carbons (Fsp3) is 0.706. The first kappa shape index (κ1) is 24.5. The fourth-order valence-corrected chi connectivity index (χ4v) is 2.33. The van der Waals surface area contributed by atoms with Crippen molar-refractivity contribution < 1.29 is 24.0 Å². The van der Waals surface area contributed by atoms with Gasteiger partial charge < -0.3 is 32.2 Å². The summed E-state index contributed by atoms with van der Waals surface area (Å²) in [5.41, 5.74) is 10.6. The Kier molecular flexibility index (Phi) is 10.9. The Labute approximate surface area is 159 Å². The van der Waals surface area contributed by atoms with Gasteiger partial charge in [0.1, 0.15) is 18.4 Å². The lowest BCUT2D eigenvalue weighted by Crippen LogP contribution is -2.57. The van der Waals surface area contributed by atoms with Crippen molar-refractivity contribution >= 4 is 29.9 Å². The number of aldehydes is 1. The van der Waals surface area contributed by atoms with Gasteiger partial charge in [-0.25, -0.2) is 0 Å². The Bertz CT molecular complexity index is 550. The molecular weight excluding hydrogens is 354 g/mol. The van der Waals surface area contributed by atoms with Crippen molar-refractivity contribution in [2.24, 2.45) is 23.3 Å². The molecule has 0 aliphatic heterocycles. The van der Waals surface area contributed by atoms with Crippen molar-refractivity contribution in [1.29, 1.82) is 0 Å². The van der Waals surface area contributed by atoms with Crippen LogP contribution in [0, 0.1) is 11.8 Å². The van der Waals surface area contributed by atoms with Crippen LogP contribution in [-0.2, 0) is 24.0 Å². The summed E-state index contributed by atoms with van der Waals surface area (Å²) in [6.45, 7) is 7.05. The van der Waals surface area contributed by atoms with Gasteiger partial charge in [0.25, 0.3) is 0 Å². The van der Waals surface area contributed by atoms with Crippen LogP contribution in [-0.4, -0.2) is 54.6 Å². The zero-order valence-corrected chi connectivity index (χ0v) is 16.3. The standard InChI is InChI=1S/C17H31N5O5/c1-9(2)7-12(16(26)20-5-6-23)21-17(27)14(10(3)4)22-15(25)11(18)8-13(19)24/h6,9-12,14H,5,7-8,18H2,1-4H3,(H2,19,24)(H,20,26)(H,21,27)(H,22,25)/t11-,12-,14-/m0/s1. The van der Waals surface area contributed by atoms with Gasteiger partial charge in [0.05, 0.1) is 19.0 Å². The number of hydrogen-bond donors (Lipinski definition) is 5. The predicted octanol–water partition coefficient (Wildman–Crippen LogP) is -1.82. The molecule has 10 heteroatoms. The zero-order chi connectivity index (χ0) is 21.1. The van der Waals surface area contributed by atoms with Gasteiger partial charge in [-0.3, -0.25) is 19.2 Å². The highest BCUT2D eigenvalue weighted by Gasteiger charge is 2.30. The van der Waals surface area contributed by atoms with E-state index in [2.05, 4.69) is 16.0 Å². The molecule has 0 aromatic rings. The molecule has 7 N–H and O–H groups in total. The number of primary amides is 1. The quantitative estimate of drug-likeness (QED) is 0.247. The van der Waals surface area contributed by atoms with Crippen LogP contribution in [0.1, 0.15) is 40.5 Å². The molecule has 0 aromatic heterocycles. The molecule has 0 spiro atoms. The monoisotopic (exact) mass is 385 g/mol. The molecule has 0 radical (unpaired) electrons. The average Bonchev–Trinajstić information content (AvgIpc) is 2.54. The second-order valence-corrected chi connectivity index (χ2v) is 7.11. The lowest BCUT2D eigenvalue weighted by Gasteiger charge is -2.26. The van der Waals surface area contributed by atoms with Crippen molar-refractivity contribution in [2.75, 3.05) is 6.54 Å². The number of carbonyl (C=O) groups excluding carboxylic acids is 5. The lowest BCUT2D eigenvalue weighted by molar-refractivity contribution is -0.134. The molecule has 3 atom stereocenters. The number of nitrogens with one attached hydrogen (secondary N) is 3. The Morgan fingerprint density at radius 2 is 1.56 bits per heavy atom. The third-order valence-electron chi connectivity index (χ3n) is 3.70. The highest BCUT2D eigenvalue weighted by molar-refractivity contribution is 5.94. The summed E-state index contributed by atoms with van der Waals surface area (Å²) in [4.78, 5) is 58.2. The first-order valence-corrected chi connectivity index (χ1v) is 8.85. The van der Waals surface area contributed by atoms with E-state index in [1.54, 1.807) is 13.8 Å². The summed E-state index contributed by atoms with van der Waals surface area (Å²) in [5.74, 6) is -2.65. The third kappa shape index (κ3) is 9.69. The molecule has 0 saturated carbocycles. The smallest absolute Gasteiger partial charge is 0.243 e. The minimum Gasteiger partial charge on any atom is -0.370 e. The van der Waals surface area contributed by atoms with Crippen LogP contribution in [0.3, 0.4) is 0 Å². The van der Waals surface area contributed by atoms with Crippen LogP contribution in [0.5, 0.6) is 0 Å². The molecular formula is C17H31N5O5. The number of carbonyl (C=O) groups is 5. The van der Waals surface area contributed by atoms with E-state index in [0.29, 0.717) is 12.7 Å². The van der Waals surface area contributed by atoms with Crippen molar-refractivity contribution in [2.45, 2.75) is 58.7 Å². The second kappa shape index (κ2) is 12.0. The topological polar surface area (TPSA) is 173 Å². The minimum atomic E-state index is -1.17. The molecule has 0 unspecified atom stereocenters. The van der Waals surface area contributed by atoms with Crippen LogP contribution in [0.15, 0.2) is 0 Å². The fourth-order valence-electron chi connectivity index (χ4n) is 2.33. The van der Waals surface area contributed by atoms with Crippen LogP contribution < -0.4 is 27.4 Å². The molecule has 0 heterocycles. The van der Waals surface area contributed by atoms with E-state index < -0.39 is 41.8 Å². The highest BCUT2D eigenvalue weighted by atomic mass is 16.2. The van der Waals surface area contributed by atoms with Crippen LogP contribution in [0.25, 0.3) is 0 Å². The maximum atomic E-state index is 12.6. The summed E-state index contributed by atoms with van der Waals surface area (Å²) in [5, 5.41) is 7.51. The van der Waals surface area contributed by atoms with Gasteiger partial charge in [-0.1, -0.05) is 27.7 Å². The molecule has 0 aliphatic rings. The van der Waals surface area contributed by atoms with Gasteiger partial charge in [0, 0.05) is 0 Å². The number of rotatable bonds is 12. The van der Waals surface area contributed by atoms with Crippen LogP contribution >= 0.6 is 0 Å². The molecule has 27 heavy (non-hydrogen) atoms. The van der Waals surface area contributed by atoms with Gasteiger partial charge in [-0.2, -0.15) is 0 Å². The maximum Gasteiger partial charge on any atom is 0.243 e. The minimum absolute atomic E-state index is 0.105. The van der Waals surface area contributed by atoms with Gasteiger partial charge in [0.2, 0.25) is 23.6 Å². The molecule has 0 saturated heterocycles.